The van der Waals surface area contributed by atoms with Crippen LogP contribution in [0.2, 0.25) is 5.02 Å². The summed E-state index contributed by atoms with van der Waals surface area (Å²) in [5, 5.41) is 2.30. The molecule has 4 rings (SSSR count). The van der Waals surface area contributed by atoms with Crippen LogP contribution in [0.5, 0.6) is 5.75 Å². The van der Waals surface area contributed by atoms with E-state index < -0.39 is 0 Å². The minimum atomic E-state index is -0.0782. The summed E-state index contributed by atoms with van der Waals surface area (Å²) in [4.78, 5) is 20.3. The third kappa shape index (κ3) is 3.55. The molecule has 0 aliphatic rings. The Morgan fingerprint density at radius 3 is 2.59 bits per heavy atom. The van der Waals surface area contributed by atoms with Gasteiger partial charge in [-0.25, -0.2) is 4.98 Å². The monoisotopic (exact) mass is 383 g/mol. The van der Waals surface area contributed by atoms with Crippen LogP contribution in [0.4, 0.5) is 0 Å². The first-order chi connectivity index (χ1) is 13.1. The largest absolute Gasteiger partial charge is 0.497 e. The first-order valence-electron chi connectivity index (χ1n) is 8.86. The van der Waals surface area contributed by atoms with Crippen molar-refractivity contribution in [1.29, 1.82) is 0 Å². The quantitative estimate of drug-likeness (QED) is 0.546. The van der Waals surface area contributed by atoms with Crippen LogP contribution >= 0.6 is 11.6 Å². The van der Waals surface area contributed by atoms with Crippen molar-refractivity contribution in [3.8, 4) is 5.75 Å². The molecular formula is C21H22ClN3O2. The van der Waals surface area contributed by atoms with Crippen LogP contribution in [-0.2, 0) is 6.54 Å². The highest BCUT2D eigenvalue weighted by atomic mass is 35.5. The number of hydrogen-bond acceptors (Lipinski definition) is 3. The van der Waals surface area contributed by atoms with E-state index in [4.69, 9.17) is 16.3 Å². The van der Waals surface area contributed by atoms with E-state index in [1.807, 2.05) is 57.3 Å². The van der Waals surface area contributed by atoms with Crippen LogP contribution in [-0.4, -0.2) is 21.6 Å². The van der Waals surface area contributed by atoms with Crippen molar-refractivity contribution < 1.29 is 4.74 Å². The second-order valence-electron chi connectivity index (χ2n) is 6.02. The number of H-pyrrole nitrogens is 1. The first kappa shape index (κ1) is 19.0. The highest BCUT2D eigenvalue weighted by Gasteiger charge is 2.14. The number of nitrogens with one attached hydrogen (secondary N) is 1. The van der Waals surface area contributed by atoms with Gasteiger partial charge in [0, 0.05) is 23.2 Å². The van der Waals surface area contributed by atoms with Crippen molar-refractivity contribution in [3.05, 3.63) is 69.2 Å². The van der Waals surface area contributed by atoms with Gasteiger partial charge in [-0.3, -0.25) is 4.79 Å². The maximum Gasteiger partial charge on any atom is 0.275 e. The molecule has 1 N–H and O–H groups in total. The predicted molar refractivity (Wildman–Crippen MR) is 111 cm³/mol. The number of aromatic nitrogens is 3. The Hall–Kier alpha value is -2.79. The molecule has 0 bridgehead atoms. The topological polar surface area (TPSA) is 59.9 Å². The Morgan fingerprint density at radius 1 is 1.22 bits per heavy atom. The molecule has 0 saturated carbocycles. The Balaban J connectivity index is 0.00000102. The molecule has 0 unspecified atom stereocenters. The van der Waals surface area contributed by atoms with Crippen LogP contribution in [0.3, 0.4) is 0 Å². The standard InChI is InChI=1S/C19H16ClN3O2.C2H6/c1-11-9-23(10-12-3-5-14(25-2)6-4-12)19(24)17-16(11)15-7-13(20)8-21-18(15)22-17;1-2/h3-9H,10H2,1-2H3,(H,21,22);1-2H3. The first-order valence-corrected chi connectivity index (χ1v) is 9.24. The summed E-state index contributed by atoms with van der Waals surface area (Å²) in [7, 11) is 1.63. The smallest absolute Gasteiger partial charge is 0.275 e. The highest BCUT2D eigenvalue weighted by Crippen LogP contribution is 2.27. The number of methoxy groups -OCH3 is 1. The molecule has 0 atom stereocenters. The SMILES string of the molecule is CC.COc1ccc(Cn2cc(C)c3c([nH]c4ncc(Cl)cc43)c2=O)cc1. The number of halogens is 1. The normalized spacial score (nSPS) is 10.7. The van der Waals surface area contributed by atoms with Gasteiger partial charge in [0.25, 0.3) is 5.56 Å². The molecule has 3 heterocycles. The van der Waals surface area contributed by atoms with E-state index in [0.717, 1.165) is 27.6 Å². The lowest BCUT2D eigenvalue weighted by molar-refractivity contribution is 0.414. The summed E-state index contributed by atoms with van der Waals surface area (Å²) >= 11 is 6.06. The van der Waals surface area contributed by atoms with E-state index in [1.165, 1.54) is 0 Å². The van der Waals surface area contributed by atoms with Crippen molar-refractivity contribution in [2.45, 2.75) is 27.3 Å². The zero-order valence-electron chi connectivity index (χ0n) is 15.8. The molecule has 6 heteroatoms. The summed E-state index contributed by atoms with van der Waals surface area (Å²) in [6, 6.07) is 9.53. The molecule has 4 aromatic rings. The number of hydrogen-bond donors (Lipinski definition) is 1. The third-order valence-electron chi connectivity index (χ3n) is 4.35. The van der Waals surface area contributed by atoms with Gasteiger partial charge in [-0.2, -0.15) is 0 Å². The number of fused-ring (bicyclic) bond motifs is 3. The lowest BCUT2D eigenvalue weighted by atomic mass is 10.1. The Morgan fingerprint density at radius 2 is 1.93 bits per heavy atom. The molecule has 0 amide bonds. The predicted octanol–water partition coefficient (Wildman–Crippen LogP) is 4.92. The maximum absolute atomic E-state index is 12.9. The number of aryl methyl sites for hydroxylation is 1. The second-order valence-corrected chi connectivity index (χ2v) is 6.45. The number of pyridine rings is 2. The van der Waals surface area contributed by atoms with Gasteiger partial charge in [0.15, 0.2) is 0 Å². The zero-order chi connectivity index (χ0) is 19.6. The second kappa shape index (κ2) is 7.84. The van der Waals surface area contributed by atoms with Gasteiger partial charge in [0.1, 0.15) is 16.9 Å². The van der Waals surface area contributed by atoms with Gasteiger partial charge in [-0.05, 0) is 36.2 Å². The van der Waals surface area contributed by atoms with Crippen LogP contribution in [0.1, 0.15) is 25.0 Å². The molecule has 140 valence electrons. The van der Waals surface area contributed by atoms with Gasteiger partial charge in [-0.1, -0.05) is 37.6 Å². The molecular weight excluding hydrogens is 362 g/mol. The summed E-state index contributed by atoms with van der Waals surface area (Å²) in [6.45, 7) is 6.48. The van der Waals surface area contributed by atoms with E-state index in [0.29, 0.717) is 22.7 Å². The highest BCUT2D eigenvalue weighted by molar-refractivity contribution is 6.31. The maximum atomic E-state index is 12.9. The van der Waals surface area contributed by atoms with Crippen molar-refractivity contribution in [2.75, 3.05) is 7.11 Å². The fraction of sp³-hybridized carbons (Fsp3) is 0.238. The lowest BCUT2D eigenvalue weighted by Gasteiger charge is -2.09. The molecule has 5 nitrogen and oxygen atoms in total. The minimum absolute atomic E-state index is 0.0782. The van der Waals surface area contributed by atoms with E-state index in [1.54, 1.807) is 17.9 Å². The Bertz CT molecular complexity index is 1140. The molecule has 3 aromatic heterocycles. The van der Waals surface area contributed by atoms with E-state index in [9.17, 15) is 4.79 Å². The molecule has 0 aliphatic heterocycles. The summed E-state index contributed by atoms with van der Waals surface area (Å²) in [6.07, 6.45) is 3.45. The van der Waals surface area contributed by atoms with E-state index in [2.05, 4.69) is 9.97 Å². The molecule has 27 heavy (non-hydrogen) atoms. The molecule has 0 fully saturated rings. The van der Waals surface area contributed by atoms with E-state index in [-0.39, 0.29) is 5.56 Å². The van der Waals surface area contributed by atoms with Gasteiger partial charge < -0.3 is 14.3 Å². The number of nitrogens with zero attached hydrogens (tertiary/aromatic N) is 2. The van der Waals surface area contributed by atoms with Gasteiger partial charge in [0.05, 0.1) is 18.7 Å². The Kier molecular flexibility index (Phi) is 5.51. The molecule has 1 aromatic carbocycles. The van der Waals surface area contributed by atoms with Crippen LogP contribution < -0.4 is 10.3 Å². The van der Waals surface area contributed by atoms with Crippen LogP contribution in [0.25, 0.3) is 21.9 Å². The van der Waals surface area contributed by atoms with Crippen LogP contribution in [0, 0.1) is 6.92 Å². The number of rotatable bonds is 3. The van der Waals surface area contributed by atoms with Crippen molar-refractivity contribution in [3.63, 3.8) is 0 Å². The van der Waals surface area contributed by atoms with Crippen molar-refractivity contribution in [2.24, 2.45) is 0 Å². The summed E-state index contributed by atoms with van der Waals surface area (Å²) in [5.41, 5.74) is 3.17. The minimum Gasteiger partial charge on any atom is -0.497 e. The molecule has 0 aliphatic carbocycles. The zero-order valence-corrected chi connectivity index (χ0v) is 16.6. The average molecular weight is 384 g/mol. The molecule has 0 radical (unpaired) electrons. The number of benzene rings is 1. The average Bonchev–Trinajstić information content (AvgIpc) is 3.07. The fourth-order valence-corrected chi connectivity index (χ4v) is 3.32. The van der Waals surface area contributed by atoms with Crippen molar-refractivity contribution >= 4 is 33.5 Å². The third-order valence-corrected chi connectivity index (χ3v) is 4.55. The van der Waals surface area contributed by atoms with Gasteiger partial charge in [0.2, 0.25) is 0 Å². The van der Waals surface area contributed by atoms with Crippen LogP contribution in [0.15, 0.2) is 47.5 Å². The molecule has 0 spiro atoms. The number of aromatic amines is 1. The van der Waals surface area contributed by atoms with Gasteiger partial charge in [-0.15, -0.1) is 0 Å². The lowest BCUT2D eigenvalue weighted by Crippen LogP contribution is -2.21. The number of ether oxygens (including phenoxy) is 1. The fourth-order valence-electron chi connectivity index (χ4n) is 3.16. The Labute approximate surface area is 162 Å². The van der Waals surface area contributed by atoms with E-state index >= 15 is 0 Å². The van der Waals surface area contributed by atoms with Gasteiger partial charge >= 0.3 is 0 Å². The van der Waals surface area contributed by atoms with Crippen molar-refractivity contribution in [1.82, 2.24) is 14.5 Å². The summed E-state index contributed by atoms with van der Waals surface area (Å²) in [5.74, 6) is 0.793. The summed E-state index contributed by atoms with van der Waals surface area (Å²) < 4.78 is 6.88. The molecule has 0 saturated heterocycles.